The minimum atomic E-state index is -1.16. The third kappa shape index (κ3) is 2.32. The minimum absolute atomic E-state index is 0.336. The van der Waals surface area contributed by atoms with Gasteiger partial charge < -0.3 is 0 Å². The first-order chi connectivity index (χ1) is 9.45. The average Bonchev–Trinajstić information content (AvgIpc) is 2.40. The van der Waals surface area contributed by atoms with Crippen molar-refractivity contribution in [3.8, 4) is 0 Å². The van der Waals surface area contributed by atoms with Crippen LogP contribution in [0.1, 0.15) is 18.4 Å². The number of barbiturate groups is 1. The largest absolute Gasteiger partial charge is 0.331 e. The summed E-state index contributed by atoms with van der Waals surface area (Å²) in [6, 6.07) is 3.71. The fourth-order valence-electron chi connectivity index (χ4n) is 2.03. The van der Waals surface area contributed by atoms with Gasteiger partial charge in [-0.3, -0.25) is 19.8 Å². The van der Waals surface area contributed by atoms with Crippen LogP contribution in [0.25, 0.3) is 0 Å². The minimum Gasteiger partial charge on any atom is -0.277 e. The SMILES string of the molecule is C=CC(C)N1C(=O)NC(=O)C(c2ccc(F)cc2)C1=O. The zero-order valence-corrected chi connectivity index (χ0v) is 10.8. The number of hydrogen-bond acceptors (Lipinski definition) is 3. The number of nitrogens with one attached hydrogen (secondary N) is 1. The van der Waals surface area contributed by atoms with E-state index in [0.717, 1.165) is 17.0 Å². The fraction of sp³-hybridized carbons (Fsp3) is 0.214. The molecule has 0 saturated carbocycles. The number of imide groups is 2. The number of nitrogens with zero attached hydrogens (tertiary/aromatic N) is 1. The Hall–Kier alpha value is -2.50. The van der Waals surface area contributed by atoms with Crippen molar-refractivity contribution in [3.63, 3.8) is 0 Å². The zero-order valence-electron chi connectivity index (χ0n) is 10.8. The molecule has 4 amide bonds. The lowest BCUT2D eigenvalue weighted by molar-refractivity contribution is -0.139. The number of carbonyl (C=O) groups excluding carboxylic acids is 3. The van der Waals surface area contributed by atoms with Gasteiger partial charge in [0.2, 0.25) is 11.8 Å². The van der Waals surface area contributed by atoms with Gasteiger partial charge in [0, 0.05) is 0 Å². The molecule has 2 rings (SSSR count). The Balaban J connectivity index is 2.39. The van der Waals surface area contributed by atoms with E-state index in [1.54, 1.807) is 6.92 Å². The molecule has 6 heteroatoms. The summed E-state index contributed by atoms with van der Waals surface area (Å²) >= 11 is 0. The van der Waals surface area contributed by atoms with Crippen LogP contribution >= 0.6 is 0 Å². The summed E-state index contributed by atoms with van der Waals surface area (Å²) in [6.07, 6.45) is 1.43. The van der Waals surface area contributed by atoms with Gasteiger partial charge >= 0.3 is 6.03 Å². The van der Waals surface area contributed by atoms with Crippen molar-refractivity contribution in [2.24, 2.45) is 0 Å². The molecule has 1 fully saturated rings. The van der Waals surface area contributed by atoms with Crippen molar-refractivity contribution in [2.75, 3.05) is 0 Å². The van der Waals surface area contributed by atoms with Crippen LogP contribution in [0.3, 0.4) is 0 Å². The maximum atomic E-state index is 12.9. The summed E-state index contributed by atoms with van der Waals surface area (Å²) in [5, 5.41) is 2.12. The summed E-state index contributed by atoms with van der Waals surface area (Å²) in [5.74, 6) is -2.97. The lowest BCUT2D eigenvalue weighted by Crippen LogP contribution is -2.59. The Labute approximate surface area is 115 Å². The first kappa shape index (κ1) is 13.9. The standard InChI is InChI=1S/C14H13FN2O3/c1-3-8(2)17-13(19)11(12(18)16-14(17)20)9-4-6-10(15)7-5-9/h3-8,11H,1H2,2H3,(H,16,18,20). The van der Waals surface area contributed by atoms with Crippen LogP contribution in [0.4, 0.5) is 9.18 Å². The molecular weight excluding hydrogens is 263 g/mol. The lowest BCUT2D eigenvalue weighted by atomic mass is 9.94. The Kier molecular flexibility index (Phi) is 3.65. The van der Waals surface area contributed by atoms with E-state index in [1.807, 2.05) is 0 Å². The van der Waals surface area contributed by atoms with Crippen molar-refractivity contribution in [3.05, 3.63) is 48.3 Å². The molecule has 5 nitrogen and oxygen atoms in total. The van der Waals surface area contributed by atoms with Gasteiger partial charge in [0.25, 0.3) is 0 Å². The second-order valence-electron chi connectivity index (χ2n) is 4.46. The quantitative estimate of drug-likeness (QED) is 0.673. The van der Waals surface area contributed by atoms with Crippen LogP contribution in [0, 0.1) is 5.82 Å². The summed E-state index contributed by atoms with van der Waals surface area (Å²) in [7, 11) is 0. The van der Waals surface area contributed by atoms with Gasteiger partial charge in [-0.15, -0.1) is 6.58 Å². The molecule has 1 aromatic rings. The summed E-state index contributed by atoms with van der Waals surface area (Å²) in [6.45, 7) is 5.14. The van der Waals surface area contributed by atoms with Crippen molar-refractivity contribution < 1.29 is 18.8 Å². The topological polar surface area (TPSA) is 66.5 Å². The van der Waals surface area contributed by atoms with Crippen molar-refractivity contribution >= 4 is 17.8 Å². The van der Waals surface area contributed by atoms with Gasteiger partial charge in [0.1, 0.15) is 11.7 Å². The summed E-state index contributed by atoms with van der Waals surface area (Å²) in [5.41, 5.74) is 0.336. The van der Waals surface area contributed by atoms with E-state index >= 15 is 0 Å². The Bertz CT molecular complexity index is 583. The first-order valence-corrected chi connectivity index (χ1v) is 6.01. The number of amides is 4. The smallest absolute Gasteiger partial charge is 0.277 e. The predicted molar refractivity (Wildman–Crippen MR) is 69.2 cm³/mol. The highest BCUT2D eigenvalue weighted by molar-refractivity contribution is 6.19. The number of urea groups is 1. The molecule has 0 aromatic heterocycles. The van der Waals surface area contributed by atoms with E-state index < -0.39 is 35.6 Å². The molecule has 0 bridgehead atoms. The van der Waals surface area contributed by atoms with E-state index in [-0.39, 0.29) is 0 Å². The van der Waals surface area contributed by atoms with Gasteiger partial charge in [0.05, 0.1) is 6.04 Å². The van der Waals surface area contributed by atoms with Gasteiger partial charge in [-0.05, 0) is 24.6 Å². The third-order valence-corrected chi connectivity index (χ3v) is 3.15. The molecule has 0 aliphatic carbocycles. The number of rotatable bonds is 3. The number of benzene rings is 1. The highest BCUT2D eigenvalue weighted by Gasteiger charge is 2.42. The average molecular weight is 276 g/mol. The Morgan fingerprint density at radius 3 is 2.45 bits per heavy atom. The molecule has 0 radical (unpaired) electrons. The zero-order chi connectivity index (χ0) is 14.9. The maximum Gasteiger partial charge on any atom is 0.331 e. The second kappa shape index (κ2) is 5.24. The van der Waals surface area contributed by atoms with E-state index in [1.165, 1.54) is 18.2 Å². The predicted octanol–water partition coefficient (Wildman–Crippen LogP) is 1.56. The number of hydrogen-bond donors (Lipinski definition) is 1. The van der Waals surface area contributed by atoms with Gasteiger partial charge in [-0.2, -0.15) is 0 Å². The molecule has 2 unspecified atom stereocenters. The molecule has 1 aliphatic rings. The molecule has 1 saturated heterocycles. The van der Waals surface area contributed by atoms with Crippen LogP contribution in [0.5, 0.6) is 0 Å². The van der Waals surface area contributed by atoms with Crippen LogP contribution in [0.2, 0.25) is 0 Å². The van der Waals surface area contributed by atoms with Crippen molar-refractivity contribution in [1.29, 1.82) is 0 Å². The van der Waals surface area contributed by atoms with Crippen molar-refractivity contribution in [2.45, 2.75) is 18.9 Å². The highest BCUT2D eigenvalue weighted by Crippen LogP contribution is 2.24. The molecule has 1 heterocycles. The number of halogens is 1. The van der Waals surface area contributed by atoms with Gasteiger partial charge in [0.15, 0.2) is 0 Å². The highest BCUT2D eigenvalue weighted by atomic mass is 19.1. The molecule has 2 atom stereocenters. The molecule has 1 aliphatic heterocycles. The molecule has 1 N–H and O–H groups in total. The van der Waals surface area contributed by atoms with Crippen LogP contribution in [-0.4, -0.2) is 28.8 Å². The summed E-state index contributed by atoms with van der Waals surface area (Å²) < 4.78 is 12.9. The van der Waals surface area contributed by atoms with E-state index in [2.05, 4.69) is 11.9 Å². The maximum absolute atomic E-state index is 12.9. The monoisotopic (exact) mass is 276 g/mol. The first-order valence-electron chi connectivity index (χ1n) is 6.01. The van der Waals surface area contributed by atoms with Crippen LogP contribution in [-0.2, 0) is 9.59 Å². The van der Waals surface area contributed by atoms with Gasteiger partial charge in [-0.25, -0.2) is 9.18 Å². The normalized spacial score (nSPS) is 20.6. The Morgan fingerprint density at radius 2 is 1.90 bits per heavy atom. The summed E-state index contributed by atoms with van der Waals surface area (Å²) in [4.78, 5) is 36.8. The molecular formula is C14H13FN2O3. The third-order valence-electron chi connectivity index (χ3n) is 3.15. The number of carbonyl (C=O) groups is 3. The van der Waals surface area contributed by atoms with Crippen molar-refractivity contribution in [1.82, 2.24) is 10.2 Å². The van der Waals surface area contributed by atoms with E-state index in [9.17, 15) is 18.8 Å². The fourth-order valence-corrected chi connectivity index (χ4v) is 2.03. The van der Waals surface area contributed by atoms with Crippen LogP contribution in [0.15, 0.2) is 36.9 Å². The molecule has 104 valence electrons. The second-order valence-corrected chi connectivity index (χ2v) is 4.46. The molecule has 20 heavy (non-hydrogen) atoms. The lowest BCUT2D eigenvalue weighted by Gasteiger charge is -2.33. The van der Waals surface area contributed by atoms with Gasteiger partial charge in [-0.1, -0.05) is 18.2 Å². The molecule has 1 aromatic carbocycles. The molecule has 0 spiro atoms. The van der Waals surface area contributed by atoms with E-state index in [0.29, 0.717) is 5.56 Å². The van der Waals surface area contributed by atoms with E-state index in [4.69, 9.17) is 0 Å². The Morgan fingerprint density at radius 1 is 1.30 bits per heavy atom. The van der Waals surface area contributed by atoms with Crippen LogP contribution < -0.4 is 5.32 Å².